The fraction of sp³-hybridized carbons (Fsp3) is 0.133. The number of anilines is 1. The van der Waals surface area contributed by atoms with Crippen molar-refractivity contribution in [3.63, 3.8) is 0 Å². The monoisotopic (exact) mass is 278 g/mol. The summed E-state index contributed by atoms with van der Waals surface area (Å²) in [5, 5.41) is 3.93. The van der Waals surface area contributed by atoms with Crippen LogP contribution in [0.15, 0.2) is 53.6 Å². The number of hydrogen-bond donors (Lipinski definition) is 1. The van der Waals surface area contributed by atoms with Crippen molar-refractivity contribution in [1.82, 2.24) is 0 Å². The first kappa shape index (κ1) is 14.1. The van der Waals surface area contributed by atoms with Crippen molar-refractivity contribution >= 4 is 11.9 Å². The van der Waals surface area contributed by atoms with Crippen molar-refractivity contribution in [2.75, 3.05) is 5.43 Å². The summed E-state index contributed by atoms with van der Waals surface area (Å²) >= 11 is 0. The molecular formula is C15H13F3N2. The Morgan fingerprint density at radius 3 is 2.50 bits per heavy atom. The molecule has 0 aliphatic carbocycles. The maximum Gasteiger partial charge on any atom is 0.416 e. The quantitative estimate of drug-likeness (QED) is 0.650. The van der Waals surface area contributed by atoms with E-state index in [1.807, 2.05) is 31.2 Å². The molecule has 0 aromatic heterocycles. The van der Waals surface area contributed by atoms with Crippen LogP contribution < -0.4 is 5.43 Å². The van der Waals surface area contributed by atoms with Crippen LogP contribution in [0.1, 0.15) is 16.7 Å². The first-order valence-corrected chi connectivity index (χ1v) is 5.98. The van der Waals surface area contributed by atoms with E-state index < -0.39 is 11.7 Å². The Balaban J connectivity index is 2.08. The van der Waals surface area contributed by atoms with Crippen molar-refractivity contribution in [2.45, 2.75) is 13.1 Å². The SMILES string of the molecule is Cc1cccc(N/N=C\c2cccc(C(F)(F)F)c2)c1. The summed E-state index contributed by atoms with van der Waals surface area (Å²) < 4.78 is 37.6. The third kappa shape index (κ3) is 3.85. The molecule has 0 radical (unpaired) electrons. The van der Waals surface area contributed by atoms with Crippen LogP contribution in [0, 0.1) is 6.92 Å². The lowest BCUT2D eigenvalue weighted by Gasteiger charge is -2.06. The highest BCUT2D eigenvalue weighted by Gasteiger charge is 2.30. The van der Waals surface area contributed by atoms with Crippen LogP contribution in [0.25, 0.3) is 0 Å². The molecule has 0 fully saturated rings. The molecule has 0 heterocycles. The highest BCUT2D eigenvalue weighted by molar-refractivity contribution is 5.80. The number of halogens is 3. The molecule has 0 spiro atoms. The molecule has 0 saturated carbocycles. The van der Waals surface area contributed by atoms with E-state index >= 15 is 0 Å². The lowest BCUT2D eigenvalue weighted by molar-refractivity contribution is -0.137. The smallest absolute Gasteiger partial charge is 0.278 e. The highest BCUT2D eigenvalue weighted by Crippen LogP contribution is 2.29. The average Bonchev–Trinajstić information content (AvgIpc) is 2.38. The fourth-order valence-corrected chi connectivity index (χ4v) is 1.69. The fourth-order valence-electron chi connectivity index (χ4n) is 1.69. The average molecular weight is 278 g/mol. The molecule has 2 aromatic rings. The zero-order chi connectivity index (χ0) is 14.6. The van der Waals surface area contributed by atoms with E-state index in [-0.39, 0.29) is 0 Å². The third-order valence-electron chi connectivity index (χ3n) is 2.64. The molecule has 0 atom stereocenters. The molecular weight excluding hydrogens is 265 g/mol. The number of alkyl halides is 3. The minimum absolute atomic E-state index is 0.389. The summed E-state index contributed by atoms with van der Waals surface area (Å²) in [4.78, 5) is 0. The van der Waals surface area contributed by atoms with Gasteiger partial charge in [0.15, 0.2) is 0 Å². The van der Waals surface area contributed by atoms with E-state index in [1.54, 1.807) is 6.07 Å². The Kier molecular flexibility index (Phi) is 4.08. The molecule has 0 bridgehead atoms. The minimum Gasteiger partial charge on any atom is -0.278 e. The van der Waals surface area contributed by atoms with Crippen molar-refractivity contribution in [2.24, 2.45) is 5.10 Å². The van der Waals surface area contributed by atoms with Gasteiger partial charge >= 0.3 is 6.18 Å². The molecule has 5 heteroatoms. The van der Waals surface area contributed by atoms with Crippen molar-refractivity contribution in [1.29, 1.82) is 0 Å². The molecule has 104 valence electrons. The highest BCUT2D eigenvalue weighted by atomic mass is 19.4. The van der Waals surface area contributed by atoms with Crippen molar-refractivity contribution in [3.8, 4) is 0 Å². The summed E-state index contributed by atoms with van der Waals surface area (Å²) in [6.07, 6.45) is -2.98. The standard InChI is InChI=1S/C15H13F3N2/c1-11-4-2-7-14(8-11)20-19-10-12-5-3-6-13(9-12)15(16,17)18/h2-10,20H,1H3/b19-10-. The molecule has 2 rings (SSSR count). The van der Waals surface area contributed by atoms with Crippen LogP contribution in [0.3, 0.4) is 0 Å². The van der Waals surface area contributed by atoms with Crippen LogP contribution in [-0.2, 0) is 6.18 Å². The van der Waals surface area contributed by atoms with Crippen molar-refractivity contribution in [3.05, 3.63) is 65.2 Å². The van der Waals surface area contributed by atoms with Crippen LogP contribution >= 0.6 is 0 Å². The Bertz CT molecular complexity index is 619. The summed E-state index contributed by atoms with van der Waals surface area (Å²) in [7, 11) is 0. The van der Waals surface area contributed by atoms with E-state index in [9.17, 15) is 13.2 Å². The molecule has 0 saturated heterocycles. The normalized spacial score (nSPS) is 11.8. The maximum atomic E-state index is 12.5. The number of benzene rings is 2. The van der Waals surface area contributed by atoms with Gasteiger partial charge in [0.1, 0.15) is 0 Å². The van der Waals surface area contributed by atoms with Crippen LogP contribution in [-0.4, -0.2) is 6.21 Å². The number of nitrogens with zero attached hydrogens (tertiary/aromatic N) is 1. The summed E-state index contributed by atoms with van der Waals surface area (Å²) in [6.45, 7) is 1.95. The van der Waals surface area contributed by atoms with Gasteiger partial charge in [-0.15, -0.1) is 0 Å². The first-order chi connectivity index (χ1) is 9.45. The van der Waals surface area contributed by atoms with Gasteiger partial charge in [0.25, 0.3) is 0 Å². The van der Waals surface area contributed by atoms with Gasteiger partial charge in [-0.25, -0.2) is 0 Å². The van der Waals surface area contributed by atoms with E-state index in [1.165, 1.54) is 12.3 Å². The zero-order valence-electron chi connectivity index (χ0n) is 10.8. The van der Waals surface area contributed by atoms with Gasteiger partial charge in [-0.2, -0.15) is 18.3 Å². The number of hydrazone groups is 1. The molecule has 0 aliphatic heterocycles. The molecule has 0 aliphatic rings. The van der Waals surface area contributed by atoms with E-state index in [2.05, 4.69) is 10.5 Å². The number of nitrogens with one attached hydrogen (secondary N) is 1. The van der Waals surface area contributed by atoms with Gasteiger partial charge in [0.2, 0.25) is 0 Å². The predicted molar refractivity (Wildman–Crippen MR) is 73.8 cm³/mol. The largest absolute Gasteiger partial charge is 0.416 e. The summed E-state index contributed by atoms with van der Waals surface area (Å²) in [6, 6.07) is 12.6. The molecule has 20 heavy (non-hydrogen) atoms. The maximum absolute atomic E-state index is 12.5. The van der Waals surface area contributed by atoms with Gasteiger partial charge < -0.3 is 0 Å². The first-order valence-electron chi connectivity index (χ1n) is 5.98. The number of aryl methyl sites for hydroxylation is 1. The van der Waals surface area contributed by atoms with Gasteiger partial charge in [0, 0.05) is 0 Å². The van der Waals surface area contributed by atoms with Gasteiger partial charge in [0.05, 0.1) is 17.5 Å². The molecule has 1 N–H and O–H groups in total. The van der Waals surface area contributed by atoms with Crippen LogP contribution in [0.4, 0.5) is 18.9 Å². The molecule has 0 amide bonds. The Labute approximate surface area is 114 Å². The van der Waals surface area contributed by atoms with E-state index in [0.29, 0.717) is 5.56 Å². The zero-order valence-corrected chi connectivity index (χ0v) is 10.8. The lowest BCUT2D eigenvalue weighted by Crippen LogP contribution is -2.05. The minimum atomic E-state index is -4.34. The van der Waals surface area contributed by atoms with Crippen molar-refractivity contribution < 1.29 is 13.2 Å². The summed E-state index contributed by atoms with van der Waals surface area (Å²) in [5.41, 5.74) is 4.34. The van der Waals surface area contributed by atoms with E-state index in [0.717, 1.165) is 23.4 Å². The van der Waals surface area contributed by atoms with E-state index in [4.69, 9.17) is 0 Å². The van der Waals surface area contributed by atoms with Crippen LogP contribution in [0.2, 0.25) is 0 Å². The predicted octanol–water partition coefficient (Wildman–Crippen LogP) is 4.46. The second-order valence-corrected chi connectivity index (χ2v) is 4.36. The lowest BCUT2D eigenvalue weighted by atomic mass is 10.1. The second-order valence-electron chi connectivity index (χ2n) is 4.36. The number of hydrogen-bond acceptors (Lipinski definition) is 2. The Hall–Kier alpha value is -2.30. The Morgan fingerprint density at radius 1 is 1.05 bits per heavy atom. The third-order valence-corrected chi connectivity index (χ3v) is 2.64. The topological polar surface area (TPSA) is 24.4 Å². The summed E-state index contributed by atoms with van der Waals surface area (Å²) in [5.74, 6) is 0. The molecule has 0 unspecified atom stereocenters. The van der Waals surface area contributed by atoms with Crippen LogP contribution in [0.5, 0.6) is 0 Å². The van der Waals surface area contributed by atoms with Gasteiger partial charge in [-0.3, -0.25) is 5.43 Å². The molecule has 2 nitrogen and oxygen atoms in total. The molecule has 2 aromatic carbocycles. The van der Waals surface area contributed by atoms with Gasteiger partial charge in [-0.1, -0.05) is 24.3 Å². The van der Waals surface area contributed by atoms with Gasteiger partial charge in [-0.05, 0) is 42.3 Å². The Morgan fingerprint density at radius 2 is 1.80 bits per heavy atom. The second kappa shape index (κ2) is 5.77. The number of rotatable bonds is 3.